The zero-order chi connectivity index (χ0) is 20.1. The Bertz CT molecular complexity index is 1120. The number of carbonyl (C=O) groups excluding carboxylic acids is 2. The van der Waals surface area contributed by atoms with E-state index in [2.05, 4.69) is 31.5 Å². The third-order valence-electron chi connectivity index (χ3n) is 3.58. The Morgan fingerprint density at radius 3 is 2.07 bits per heavy atom. The topological polar surface area (TPSA) is 104 Å². The number of amides is 2. The first-order valence-electron chi connectivity index (χ1n) is 7.89. The summed E-state index contributed by atoms with van der Waals surface area (Å²) in [6, 6.07) is 15.9. The van der Waals surface area contributed by atoms with Crippen LogP contribution in [0.1, 0.15) is 20.7 Å². The summed E-state index contributed by atoms with van der Waals surface area (Å²) in [6.07, 6.45) is 0. The van der Waals surface area contributed by atoms with Gasteiger partial charge in [0.2, 0.25) is 0 Å². The fourth-order valence-electron chi connectivity index (χ4n) is 2.28. The lowest BCUT2D eigenvalue weighted by molar-refractivity contribution is 0.0846. The predicted octanol–water partition coefficient (Wildman–Crippen LogP) is 3.39. The molecular formula is C18H14BrN3O4S2. The summed E-state index contributed by atoms with van der Waals surface area (Å²) < 4.78 is 27.9. The standard InChI is InChI=1S/C18H14BrN3O4S2/c19-14-8-3-1-6-12(14)17(23)20-21-18(24)13-7-2-4-9-15(13)22-28(25,26)16-10-5-11-27-16/h1-11,22H,(H,20,23)(H,21,24). The van der Waals surface area contributed by atoms with Gasteiger partial charge in [-0.1, -0.05) is 30.3 Å². The van der Waals surface area contributed by atoms with Crippen molar-refractivity contribution in [3.8, 4) is 0 Å². The molecule has 1 aromatic heterocycles. The third-order valence-corrected chi connectivity index (χ3v) is 7.04. The Morgan fingerprint density at radius 2 is 1.43 bits per heavy atom. The van der Waals surface area contributed by atoms with Crippen molar-refractivity contribution in [2.45, 2.75) is 4.21 Å². The highest BCUT2D eigenvalue weighted by atomic mass is 79.9. The number of hydrazine groups is 1. The van der Waals surface area contributed by atoms with Crippen molar-refractivity contribution >= 4 is 54.8 Å². The molecule has 0 aliphatic carbocycles. The van der Waals surface area contributed by atoms with Crippen LogP contribution in [0.4, 0.5) is 5.69 Å². The van der Waals surface area contributed by atoms with Crippen molar-refractivity contribution in [1.29, 1.82) is 0 Å². The van der Waals surface area contributed by atoms with Crippen molar-refractivity contribution in [3.05, 3.63) is 81.6 Å². The number of anilines is 1. The molecule has 0 atom stereocenters. The molecule has 1 heterocycles. The maximum Gasteiger partial charge on any atom is 0.271 e. The Kier molecular flexibility index (Phi) is 6.12. The molecule has 0 fully saturated rings. The summed E-state index contributed by atoms with van der Waals surface area (Å²) in [5.41, 5.74) is 5.11. The van der Waals surface area contributed by atoms with E-state index < -0.39 is 21.8 Å². The van der Waals surface area contributed by atoms with E-state index in [0.29, 0.717) is 10.0 Å². The van der Waals surface area contributed by atoms with E-state index in [9.17, 15) is 18.0 Å². The molecular weight excluding hydrogens is 466 g/mol. The third kappa shape index (κ3) is 4.58. The minimum absolute atomic E-state index is 0.0649. The second-order valence-electron chi connectivity index (χ2n) is 5.47. The summed E-state index contributed by atoms with van der Waals surface area (Å²) in [4.78, 5) is 24.7. The molecule has 2 amide bonds. The van der Waals surface area contributed by atoms with Crippen molar-refractivity contribution in [2.75, 3.05) is 4.72 Å². The largest absolute Gasteiger partial charge is 0.278 e. The fraction of sp³-hybridized carbons (Fsp3) is 0. The lowest BCUT2D eigenvalue weighted by Crippen LogP contribution is -2.42. The van der Waals surface area contributed by atoms with Crippen LogP contribution in [0, 0.1) is 0 Å². The number of hydrogen-bond donors (Lipinski definition) is 3. The van der Waals surface area contributed by atoms with Crippen LogP contribution in [-0.2, 0) is 10.0 Å². The van der Waals surface area contributed by atoms with Gasteiger partial charge in [-0.25, -0.2) is 8.42 Å². The fourth-order valence-corrected chi connectivity index (χ4v) is 4.81. The molecule has 0 radical (unpaired) electrons. The van der Waals surface area contributed by atoms with Gasteiger partial charge in [0.1, 0.15) is 4.21 Å². The molecule has 0 unspecified atom stereocenters. The Labute approximate surface area is 173 Å². The van der Waals surface area contributed by atoms with Crippen LogP contribution >= 0.6 is 27.3 Å². The van der Waals surface area contributed by atoms with E-state index in [-0.39, 0.29) is 15.5 Å². The quantitative estimate of drug-likeness (QED) is 0.487. The monoisotopic (exact) mass is 479 g/mol. The summed E-state index contributed by atoms with van der Waals surface area (Å²) in [5, 5.41) is 1.64. The average molecular weight is 480 g/mol. The molecule has 144 valence electrons. The van der Waals surface area contributed by atoms with Gasteiger partial charge in [0.15, 0.2) is 0 Å². The van der Waals surface area contributed by atoms with Gasteiger partial charge in [-0.2, -0.15) is 0 Å². The van der Waals surface area contributed by atoms with Gasteiger partial charge >= 0.3 is 0 Å². The first kappa shape index (κ1) is 20.1. The molecule has 0 saturated heterocycles. The predicted molar refractivity (Wildman–Crippen MR) is 111 cm³/mol. The second-order valence-corrected chi connectivity index (χ2v) is 9.18. The van der Waals surface area contributed by atoms with Crippen molar-refractivity contribution in [2.24, 2.45) is 0 Å². The smallest absolute Gasteiger partial charge is 0.271 e. The maximum absolute atomic E-state index is 12.5. The minimum atomic E-state index is -3.81. The van der Waals surface area contributed by atoms with E-state index in [1.54, 1.807) is 47.8 Å². The van der Waals surface area contributed by atoms with E-state index in [1.165, 1.54) is 18.2 Å². The number of rotatable bonds is 5. The number of benzene rings is 2. The average Bonchev–Trinajstić information content (AvgIpc) is 3.22. The summed E-state index contributed by atoms with van der Waals surface area (Å²) in [7, 11) is -3.81. The lowest BCUT2D eigenvalue weighted by Gasteiger charge is -2.13. The van der Waals surface area contributed by atoms with Crippen molar-refractivity contribution < 1.29 is 18.0 Å². The number of halogens is 1. The molecule has 10 heteroatoms. The maximum atomic E-state index is 12.5. The molecule has 0 spiro atoms. The SMILES string of the molecule is O=C(NNC(=O)c1ccccc1NS(=O)(=O)c1cccs1)c1ccccc1Br. The van der Waals surface area contributed by atoms with Crippen LogP contribution in [0.15, 0.2) is 74.7 Å². The van der Waals surface area contributed by atoms with Crippen LogP contribution in [0.5, 0.6) is 0 Å². The van der Waals surface area contributed by atoms with Crippen molar-refractivity contribution in [1.82, 2.24) is 10.9 Å². The molecule has 0 aliphatic heterocycles. The summed E-state index contributed by atoms with van der Waals surface area (Å²) in [5.74, 6) is -1.18. The minimum Gasteiger partial charge on any atom is -0.278 e. The zero-order valence-electron chi connectivity index (χ0n) is 14.2. The van der Waals surface area contributed by atoms with E-state index >= 15 is 0 Å². The molecule has 3 rings (SSSR count). The van der Waals surface area contributed by atoms with Gasteiger partial charge < -0.3 is 0 Å². The van der Waals surface area contributed by atoms with Gasteiger partial charge in [0.25, 0.3) is 21.8 Å². The van der Waals surface area contributed by atoms with Crippen LogP contribution < -0.4 is 15.6 Å². The molecule has 7 nitrogen and oxygen atoms in total. The molecule has 0 saturated carbocycles. The van der Waals surface area contributed by atoms with Gasteiger partial charge in [-0.05, 0) is 51.6 Å². The number of sulfonamides is 1. The highest BCUT2D eigenvalue weighted by molar-refractivity contribution is 9.10. The van der Waals surface area contributed by atoms with Crippen LogP contribution in [-0.4, -0.2) is 20.2 Å². The van der Waals surface area contributed by atoms with E-state index in [4.69, 9.17) is 0 Å². The number of thiophene rings is 1. The molecule has 3 N–H and O–H groups in total. The highest BCUT2D eigenvalue weighted by Gasteiger charge is 2.20. The summed E-state index contributed by atoms with van der Waals surface area (Å²) >= 11 is 4.33. The van der Waals surface area contributed by atoms with Crippen LogP contribution in [0.2, 0.25) is 0 Å². The van der Waals surface area contributed by atoms with Gasteiger partial charge in [-0.3, -0.25) is 25.2 Å². The Balaban J connectivity index is 1.74. The molecule has 3 aromatic rings. The molecule has 2 aromatic carbocycles. The van der Waals surface area contributed by atoms with Gasteiger partial charge in [0.05, 0.1) is 16.8 Å². The van der Waals surface area contributed by atoms with Crippen LogP contribution in [0.25, 0.3) is 0 Å². The molecule has 0 aliphatic rings. The summed E-state index contributed by atoms with van der Waals surface area (Å²) in [6.45, 7) is 0. The van der Waals surface area contributed by atoms with Gasteiger partial charge in [-0.15, -0.1) is 11.3 Å². The first-order chi connectivity index (χ1) is 13.4. The molecule has 0 bridgehead atoms. The normalized spacial score (nSPS) is 10.9. The Hall–Kier alpha value is -2.69. The zero-order valence-corrected chi connectivity index (χ0v) is 17.4. The second kappa shape index (κ2) is 8.55. The van der Waals surface area contributed by atoms with Crippen molar-refractivity contribution in [3.63, 3.8) is 0 Å². The number of carbonyl (C=O) groups is 2. The first-order valence-corrected chi connectivity index (χ1v) is 11.0. The number of hydrogen-bond acceptors (Lipinski definition) is 5. The van der Waals surface area contributed by atoms with Crippen LogP contribution in [0.3, 0.4) is 0 Å². The van der Waals surface area contributed by atoms with Gasteiger partial charge in [0, 0.05) is 4.47 Å². The highest BCUT2D eigenvalue weighted by Crippen LogP contribution is 2.22. The van der Waals surface area contributed by atoms with E-state index in [1.807, 2.05) is 0 Å². The van der Waals surface area contributed by atoms with E-state index in [0.717, 1.165) is 11.3 Å². The lowest BCUT2D eigenvalue weighted by atomic mass is 10.2. The Morgan fingerprint density at radius 1 is 0.821 bits per heavy atom. The number of nitrogens with one attached hydrogen (secondary N) is 3. The number of para-hydroxylation sites is 1. The molecule has 28 heavy (non-hydrogen) atoms.